The average Bonchev–Trinajstić information content (AvgIpc) is 3.40. The Bertz CT molecular complexity index is 1110. The Morgan fingerprint density at radius 1 is 1.24 bits per heavy atom. The molecule has 0 spiro atoms. The van der Waals surface area contributed by atoms with E-state index in [9.17, 15) is 9.59 Å². The van der Waals surface area contributed by atoms with Gasteiger partial charge in [-0.2, -0.15) is 0 Å². The van der Waals surface area contributed by atoms with Gasteiger partial charge in [0.25, 0.3) is 5.56 Å². The number of benzene rings is 1. The van der Waals surface area contributed by atoms with E-state index in [1.165, 1.54) is 11.3 Å². The third kappa shape index (κ3) is 3.40. The largest absolute Gasteiger partial charge is 0.350 e. The molecule has 1 atom stereocenters. The number of rotatable bonds is 4. The summed E-state index contributed by atoms with van der Waals surface area (Å²) >= 11 is 1.40. The van der Waals surface area contributed by atoms with E-state index < -0.39 is 0 Å². The van der Waals surface area contributed by atoms with E-state index in [4.69, 9.17) is 0 Å². The molecular weight excluding hydrogens is 388 g/mol. The normalized spacial score (nSPS) is 18.8. The van der Waals surface area contributed by atoms with Crippen LogP contribution in [0.1, 0.15) is 24.2 Å². The first-order valence-electron chi connectivity index (χ1n) is 9.90. The zero-order valence-corrected chi connectivity index (χ0v) is 16.7. The zero-order chi connectivity index (χ0) is 19.8. The lowest BCUT2D eigenvalue weighted by Crippen LogP contribution is -2.43. The number of carbonyl (C=O) groups excluding carboxylic acids is 1. The van der Waals surface area contributed by atoms with E-state index >= 15 is 0 Å². The molecule has 8 nitrogen and oxygen atoms in total. The van der Waals surface area contributed by atoms with Crippen LogP contribution < -0.4 is 21.1 Å². The van der Waals surface area contributed by atoms with Gasteiger partial charge in [-0.1, -0.05) is 41.7 Å². The van der Waals surface area contributed by atoms with Crippen molar-refractivity contribution in [2.75, 3.05) is 18.0 Å². The van der Waals surface area contributed by atoms with Crippen LogP contribution in [-0.4, -0.2) is 39.6 Å². The summed E-state index contributed by atoms with van der Waals surface area (Å²) in [4.78, 5) is 37.6. The molecule has 0 aliphatic carbocycles. The van der Waals surface area contributed by atoms with Crippen LogP contribution in [0.15, 0.2) is 35.1 Å². The van der Waals surface area contributed by atoms with Gasteiger partial charge in [0.1, 0.15) is 11.9 Å². The van der Waals surface area contributed by atoms with Crippen molar-refractivity contribution in [3.8, 4) is 0 Å². The monoisotopic (exact) mass is 410 g/mol. The van der Waals surface area contributed by atoms with Gasteiger partial charge >= 0.3 is 0 Å². The molecule has 29 heavy (non-hydrogen) atoms. The lowest BCUT2D eigenvalue weighted by atomic mass is 10.2. The summed E-state index contributed by atoms with van der Waals surface area (Å²) in [5.74, 6) is 0.751. The van der Waals surface area contributed by atoms with E-state index in [2.05, 4.69) is 20.6 Å². The van der Waals surface area contributed by atoms with Crippen LogP contribution in [0.5, 0.6) is 0 Å². The van der Waals surface area contributed by atoms with Crippen molar-refractivity contribution in [1.82, 2.24) is 25.2 Å². The summed E-state index contributed by atoms with van der Waals surface area (Å²) in [6, 6.07) is 9.61. The fourth-order valence-corrected chi connectivity index (χ4v) is 5.02. The predicted octanol–water partition coefficient (Wildman–Crippen LogP) is 1.24. The summed E-state index contributed by atoms with van der Waals surface area (Å²) in [5, 5.41) is 6.99. The smallest absolute Gasteiger partial charge is 0.281 e. The van der Waals surface area contributed by atoms with Gasteiger partial charge in [-0.05, 0) is 18.4 Å². The maximum absolute atomic E-state index is 12.8. The maximum atomic E-state index is 12.8. The third-order valence-electron chi connectivity index (χ3n) is 5.49. The molecule has 0 saturated carbocycles. The number of amides is 1. The first kappa shape index (κ1) is 18.3. The number of hydrogen-bond donors (Lipinski definition) is 2. The lowest BCUT2D eigenvalue weighted by molar-refractivity contribution is -0.122. The van der Waals surface area contributed by atoms with Crippen molar-refractivity contribution < 1.29 is 4.79 Å². The van der Waals surface area contributed by atoms with Gasteiger partial charge in [-0.15, -0.1) is 0 Å². The highest BCUT2D eigenvalue weighted by Gasteiger charge is 2.33. The standard InChI is InChI=1S/C20H22N6O2S/c27-17(22-11-13-5-2-1-3-6-13)14-7-4-9-25(14)20-24-16-18(29-20)23-15-12-21-8-10-26(15)19(16)28/h1-3,5-6,14,21H,4,7-12H2,(H,22,27). The summed E-state index contributed by atoms with van der Waals surface area (Å²) in [6.45, 7) is 3.22. The summed E-state index contributed by atoms with van der Waals surface area (Å²) < 4.78 is 1.70. The minimum Gasteiger partial charge on any atom is -0.350 e. The second-order valence-corrected chi connectivity index (χ2v) is 8.32. The molecule has 2 aliphatic heterocycles. The summed E-state index contributed by atoms with van der Waals surface area (Å²) in [5.41, 5.74) is 1.39. The van der Waals surface area contributed by atoms with Gasteiger partial charge in [0.2, 0.25) is 5.91 Å². The number of nitrogens with zero attached hydrogens (tertiary/aromatic N) is 4. The minimum absolute atomic E-state index is 0.00113. The first-order valence-corrected chi connectivity index (χ1v) is 10.7. The molecule has 0 bridgehead atoms. The molecule has 2 N–H and O–H groups in total. The molecular formula is C20H22N6O2S. The van der Waals surface area contributed by atoms with E-state index in [-0.39, 0.29) is 17.5 Å². The maximum Gasteiger partial charge on any atom is 0.281 e. The van der Waals surface area contributed by atoms with Crippen molar-refractivity contribution >= 4 is 32.7 Å². The molecule has 150 valence electrons. The molecule has 1 saturated heterocycles. The Labute approximate surface area is 171 Å². The third-order valence-corrected chi connectivity index (χ3v) is 6.48. The van der Waals surface area contributed by atoms with E-state index in [1.807, 2.05) is 35.2 Å². The highest BCUT2D eigenvalue weighted by molar-refractivity contribution is 7.21. The SMILES string of the molecule is O=C(NCc1ccccc1)C1CCCN1c1nc2c(=O)n3c(nc2s1)CNCC3. The van der Waals surface area contributed by atoms with E-state index in [0.29, 0.717) is 35.1 Å². The molecule has 1 fully saturated rings. The zero-order valence-electron chi connectivity index (χ0n) is 15.9. The fraction of sp³-hybridized carbons (Fsp3) is 0.400. The molecule has 1 unspecified atom stereocenters. The van der Waals surface area contributed by atoms with Crippen LogP contribution in [0.2, 0.25) is 0 Å². The Morgan fingerprint density at radius 3 is 2.97 bits per heavy atom. The van der Waals surface area contributed by atoms with Crippen LogP contribution in [0.25, 0.3) is 10.3 Å². The van der Waals surface area contributed by atoms with Gasteiger partial charge in [0.15, 0.2) is 15.5 Å². The second kappa shape index (κ2) is 7.57. The average molecular weight is 411 g/mol. The number of fused-ring (bicyclic) bond motifs is 2. The molecule has 2 aromatic heterocycles. The van der Waals surface area contributed by atoms with Gasteiger partial charge in [-0.25, -0.2) is 9.97 Å². The molecule has 2 aliphatic rings. The highest BCUT2D eigenvalue weighted by atomic mass is 32.1. The number of carbonyl (C=O) groups is 1. The van der Waals surface area contributed by atoms with Gasteiger partial charge in [-0.3, -0.25) is 14.2 Å². The topological polar surface area (TPSA) is 92.2 Å². The Balaban J connectivity index is 1.39. The molecule has 5 rings (SSSR count). The molecule has 4 heterocycles. The van der Waals surface area contributed by atoms with Gasteiger partial charge in [0, 0.05) is 26.2 Å². The Kier molecular flexibility index (Phi) is 4.76. The second-order valence-electron chi connectivity index (χ2n) is 7.37. The molecule has 1 amide bonds. The number of nitrogens with one attached hydrogen (secondary N) is 2. The quantitative estimate of drug-likeness (QED) is 0.672. The predicted molar refractivity (Wildman–Crippen MR) is 112 cm³/mol. The molecule has 0 radical (unpaired) electrons. The van der Waals surface area contributed by atoms with Crippen molar-refractivity contribution in [3.63, 3.8) is 0 Å². The van der Waals surface area contributed by atoms with Crippen LogP contribution in [0.3, 0.4) is 0 Å². The number of anilines is 1. The number of aromatic nitrogens is 3. The van der Waals surface area contributed by atoms with Crippen LogP contribution >= 0.6 is 11.3 Å². The van der Waals surface area contributed by atoms with Crippen LogP contribution in [-0.2, 0) is 24.4 Å². The Morgan fingerprint density at radius 2 is 2.10 bits per heavy atom. The van der Waals surface area contributed by atoms with Crippen molar-refractivity contribution in [2.45, 2.75) is 38.5 Å². The summed E-state index contributed by atoms with van der Waals surface area (Å²) in [6.07, 6.45) is 1.70. The minimum atomic E-state index is -0.265. The van der Waals surface area contributed by atoms with Gasteiger partial charge in [0.05, 0.1) is 6.54 Å². The first-order chi connectivity index (χ1) is 14.2. The van der Waals surface area contributed by atoms with E-state index in [1.54, 1.807) is 4.57 Å². The number of hydrogen-bond acceptors (Lipinski definition) is 7. The van der Waals surface area contributed by atoms with Gasteiger partial charge < -0.3 is 15.5 Å². The Hall–Kier alpha value is -2.78. The highest BCUT2D eigenvalue weighted by Crippen LogP contribution is 2.31. The van der Waals surface area contributed by atoms with Crippen molar-refractivity contribution in [3.05, 3.63) is 52.1 Å². The van der Waals surface area contributed by atoms with Crippen LogP contribution in [0.4, 0.5) is 5.13 Å². The fourth-order valence-electron chi connectivity index (χ4n) is 3.99. The summed E-state index contributed by atoms with van der Waals surface area (Å²) in [7, 11) is 0. The molecule has 3 aromatic rings. The number of thiazole rings is 1. The molecule has 9 heteroatoms. The van der Waals surface area contributed by atoms with Crippen molar-refractivity contribution in [2.24, 2.45) is 0 Å². The van der Waals surface area contributed by atoms with E-state index in [0.717, 1.165) is 37.3 Å². The van der Waals surface area contributed by atoms with Crippen molar-refractivity contribution in [1.29, 1.82) is 0 Å². The van der Waals surface area contributed by atoms with Crippen LogP contribution in [0, 0.1) is 0 Å². The lowest BCUT2D eigenvalue weighted by Gasteiger charge is -2.23. The molecule has 1 aromatic carbocycles.